The van der Waals surface area contributed by atoms with Gasteiger partial charge >= 0.3 is 5.79 Å². The van der Waals surface area contributed by atoms with Gasteiger partial charge in [-0.25, -0.2) is 0 Å². The summed E-state index contributed by atoms with van der Waals surface area (Å²) in [7, 11) is 0. The number of aliphatic hydroxyl groups is 2. The van der Waals surface area contributed by atoms with Crippen LogP contribution in [-0.4, -0.2) is 48.0 Å². The second kappa shape index (κ2) is 8.35. The van der Waals surface area contributed by atoms with Crippen molar-refractivity contribution in [3.05, 3.63) is 94.5 Å². The van der Waals surface area contributed by atoms with Crippen LogP contribution in [0, 0.1) is 0 Å². The van der Waals surface area contributed by atoms with E-state index >= 15 is 0 Å². The number of fused-ring (bicyclic) bond motifs is 8. The van der Waals surface area contributed by atoms with Crippen molar-refractivity contribution in [2.24, 2.45) is 0 Å². The molecule has 3 aliphatic heterocycles. The highest BCUT2D eigenvalue weighted by Crippen LogP contribution is 2.62. The van der Waals surface area contributed by atoms with Crippen LogP contribution in [0.1, 0.15) is 39.8 Å². The van der Waals surface area contributed by atoms with E-state index in [-0.39, 0.29) is 58.0 Å². The Labute approximate surface area is 227 Å². The zero-order valence-electron chi connectivity index (χ0n) is 20.7. The summed E-state index contributed by atoms with van der Waals surface area (Å²) in [6.45, 7) is 0. The van der Waals surface area contributed by atoms with Crippen LogP contribution in [0.15, 0.2) is 66.7 Å². The summed E-state index contributed by atoms with van der Waals surface area (Å²) >= 11 is 0. The average Bonchev–Trinajstić information content (AvgIpc) is 2.90. The van der Waals surface area contributed by atoms with Gasteiger partial charge in [0.1, 0.15) is 58.2 Å². The first-order valence-corrected chi connectivity index (χ1v) is 12.6. The second-order valence-corrected chi connectivity index (χ2v) is 10.2. The molecule has 0 fully saturated rings. The van der Waals surface area contributed by atoms with Crippen molar-refractivity contribution in [2.75, 3.05) is 0 Å². The molecule has 7 N–H and O–H groups in total. The molecule has 204 valence electrons. The lowest BCUT2D eigenvalue weighted by molar-refractivity contribution is -0.219. The lowest BCUT2D eigenvalue weighted by atomic mass is 9.74. The minimum absolute atomic E-state index is 0.0107. The van der Waals surface area contributed by atoms with E-state index in [4.69, 9.17) is 14.2 Å². The van der Waals surface area contributed by atoms with Gasteiger partial charge in [-0.15, -0.1) is 0 Å². The minimum atomic E-state index is -1.89. The van der Waals surface area contributed by atoms with Crippen LogP contribution in [0.5, 0.6) is 46.0 Å². The van der Waals surface area contributed by atoms with Gasteiger partial charge in [-0.2, -0.15) is 0 Å². The van der Waals surface area contributed by atoms with Crippen LogP contribution in [0.3, 0.4) is 0 Å². The number of benzene rings is 4. The van der Waals surface area contributed by atoms with Crippen LogP contribution < -0.4 is 14.2 Å². The number of phenols is 5. The van der Waals surface area contributed by atoms with Crippen LogP contribution in [-0.2, 0) is 12.2 Å². The molecular formula is C30H24O10. The molecule has 10 nitrogen and oxygen atoms in total. The van der Waals surface area contributed by atoms with E-state index in [2.05, 4.69) is 0 Å². The van der Waals surface area contributed by atoms with Crippen molar-refractivity contribution in [3.8, 4) is 46.0 Å². The molecule has 7 rings (SSSR count). The Morgan fingerprint density at radius 3 is 1.98 bits per heavy atom. The lowest BCUT2D eigenvalue weighted by Crippen LogP contribution is -2.57. The third-order valence-electron chi connectivity index (χ3n) is 7.82. The Morgan fingerprint density at radius 1 is 0.675 bits per heavy atom. The normalized spacial score (nSPS) is 25.9. The minimum Gasteiger partial charge on any atom is -0.508 e. The molecule has 0 saturated heterocycles. The zero-order chi connectivity index (χ0) is 27.9. The first kappa shape index (κ1) is 24.3. The quantitative estimate of drug-likeness (QED) is 0.199. The predicted molar refractivity (Wildman–Crippen MR) is 138 cm³/mol. The lowest BCUT2D eigenvalue weighted by Gasteiger charge is -2.50. The highest BCUT2D eigenvalue weighted by Gasteiger charge is 2.60. The fraction of sp³-hybridized carbons (Fsp3) is 0.200. The molecule has 10 heteroatoms. The third kappa shape index (κ3) is 3.36. The Kier molecular flexibility index (Phi) is 5.06. The number of ether oxygens (including phenoxy) is 3. The number of aromatic hydroxyl groups is 5. The van der Waals surface area contributed by atoms with Crippen molar-refractivity contribution in [1.82, 2.24) is 0 Å². The topological polar surface area (TPSA) is 169 Å². The van der Waals surface area contributed by atoms with Gasteiger partial charge in [-0.1, -0.05) is 12.1 Å². The van der Waals surface area contributed by atoms with Gasteiger partial charge in [0.15, 0.2) is 0 Å². The summed E-state index contributed by atoms with van der Waals surface area (Å²) in [6.07, 6.45) is -3.38. The molecule has 4 aromatic carbocycles. The largest absolute Gasteiger partial charge is 0.508 e. The maximum atomic E-state index is 11.9. The fourth-order valence-electron chi connectivity index (χ4n) is 5.99. The molecule has 3 heterocycles. The van der Waals surface area contributed by atoms with Crippen molar-refractivity contribution >= 4 is 0 Å². The molecule has 2 bridgehead atoms. The van der Waals surface area contributed by atoms with Gasteiger partial charge in [0.2, 0.25) is 0 Å². The molecule has 0 radical (unpaired) electrons. The fourth-order valence-corrected chi connectivity index (χ4v) is 5.99. The number of rotatable bonds is 2. The Bertz CT molecular complexity index is 1650. The van der Waals surface area contributed by atoms with Crippen molar-refractivity contribution < 1.29 is 50.0 Å². The van der Waals surface area contributed by atoms with E-state index in [1.165, 1.54) is 48.5 Å². The van der Waals surface area contributed by atoms with Gasteiger partial charge in [-0.05, 0) is 42.0 Å². The van der Waals surface area contributed by atoms with Gasteiger partial charge in [0, 0.05) is 46.9 Å². The maximum Gasteiger partial charge on any atom is 0.305 e. The van der Waals surface area contributed by atoms with Crippen molar-refractivity contribution in [3.63, 3.8) is 0 Å². The van der Waals surface area contributed by atoms with Crippen LogP contribution in [0.2, 0.25) is 0 Å². The Morgan fingerprint density at radius 2 is 1.30 bits per heavy atom. The standard InChI is InChI=1S/C30H24O10/c31-15-5-1-13(2-6-15)27-21(36)11-18-19(34)12-23-25(28(18)38-27)26-24-20(35)9-17(33)10-22(24)39-30(40-23,29(26)37)14-3-7-16(32)8-4-14/h1-10,12,21,26-27,29,31-37H,11H2/t21-,26+,27+,29-,30-/m0/s1. The molecular weight excluding hydrogens is 520 g/mol. The zero-order valence-corrected chi connectivity index (χ0v) is 20.7. The van der Waals surface area contributed by atoms with E-state index in [9.17, 15) is 35.7 Å². The first-order chi connectivity index (χ1) is 19.2. The number of hydrogen-bond acceptors (Lipinski definition) is 10. The smallest absolute Gasteiger partial charge is 0.305 e. The molecule has 3 aliphatic rings. The van der Waals surface area contributed by atoms with Gasteiger partial charge in [0.05, 0.1) is 12.0 Å². The molecule has 0 aromatic heterocycles. The molecule has 40 heavy (non-hydrogen) atoms. The SMILES string of the molecule is Oc1ccc([C@H]2Oc3c(c(O)cc4c3[C@H]3c5c(O)cc(O)cc5O[C@@](c5ccc(O)cc5)(O4)[C@H]3O)C[C@@H]2O)cc1. The van der Waals surface area contributed by atoms with Crippen LogP contribution >= 0.6 is 0 Å². The Balaban J connectivity index is 1.47. The van der Waals surface area contributed by atoms with E-state index < -0.39 is 30.0 Å². The summed E-state index contributed by atoms with van der Waals surface area (Å²) < 4.78 is 18.9. The maximum absolute atomic E-state index is 11.9. The number of hydrogen-bond donors (Lipinski definition) is 7. The summed E-state index contributed by atoms with van der Waals surface area (Å²) in [5, 5.41) is 74.7. The summed E-state index contributed by atoms with van der Waals surface area (Å²) in [6, 6.07) is 15.8. The van der Waals surface area contributed by atoms with Crippen LogP contribution in [0.25, 0.3) is 0 Å². The van der Waals surface area contributed by atoms with Crippen molar-refractivity contribution in [2.45, 2.75) is 36.4 Å². The van der Waals surface area contributed by atoms with E-state index in [0.29, 0.717) is 22.3 Å². The van der Waals surface area contributed by atoms with E-state index in [1.807, 2.05) is 0 Å². The third-order valence-corrected chi connectivity index (χ3v) is 7.82. The monoisotopic (exact) mass is 544 g/mol. The van der Waals surface area contributed by atoms with Crippen LogP contribution in [0.4, 0.5) is 0 Å². The molecule has 0 unspecified atom stereocenters. The highest BCUT2D eigenvalue weighted by atomic mass is 16.7. The van der Waals surface area contributed by atoms with E-state index in [1.54, 1.807) is 12.1 Å². The van der Waals surface area contributed by atoms with Crippen molar-refractivity contribution in [1.29, 1.82) is 0 Å². The highest BCUT2D eigenvalue weighted by molar-refractivity contribution is 5.67. The van der Waals surface area contributed by atoms with Gasteiger partial charge in [-0.3, -0.25) is 0 Å². The second-order valence-electron chi connectivity index (χ2n) is 10.2. The number of aliphatic hydroxyl groups excluding tert-OH is 2. The molecule has 0 aliphatic carbocycles. The predicted octanol–water partition coefficient (Wildman–Crippen LogP) is 3.38. The van der Waals surface area contributed by atoms with E-state index in [0.717, 1.165) is 6.07 Å². The number of phenolic OH excluding ortho intramolecular Hbond substituents is 5. The molecule has 0 spiro atoms. The summed E-state index contributed by atoms with van der Waals surface area (Å²) in [5.41, 5.74) is 1.69. The van der Waals surface area contributed by atoms with Gasteiger partial charge in [0.25, 0.3) is 0 Å². The summed E-state index contributed by atoms with van der Waals surface area (Å²) in [4.78, 5) is 0. The van der Waals surface area contributed by atoms with Gasteiger partial charge < -0.3 is 50.0 Å². The molecule has 4 aromatic rings. The molecule has 5 atom stereocenters. The molecule has 0 saturated carbocycles. The average molecular weight is 545 g/mol. The Hall–Kier alpha value is -4.80. The molecule has 0 amide bonds. The first-order valence-electron chi connectivity index (χ1n) is 12.6. The summed E-state index contributed by atoms with van der Waals surface area (Å²) in [5.74, 6) is -3.36.